The van der Waals surface area contributed by atoms with Crippen LogP contribution in [0.4, 0.5) is 5.69 Å². The van der Waals surface area contributed by atoms with E-state index in [0.717, 1.165) is 22.9 Å². The number of nitrogens with one attached hydrogen (secondary N) is 1. The average Bonchev–Trinajstić information content (AvgIpc) is 3.33. The van der Waals surface area contributed by atoms with Gasteiger partial charge in [0.25, 0.3) is 5.22 Å². The smallest absolute Gasteiger partial charge is 0.340 e. The number of carbonyl (C=O) groups excluding carboxylic acids is 2. The van der Waals surface area contributed by atoms with E-state index in [9.17, 15) is 9.59 Å². The number of aromatic nitrogens is 2. The normalized spacial score (nSPS) is 10.8. The first-order valence-electron chi connectivity index (χ1n) is 10.8. The fourth-order valence-electron chi connectivity index (χ4n) is 3.46. The fraction of sp³-hybridized carbons (Fsp3) is 0.154. The van der Waals surface area contributed by atoms with Crippen LogP contribution in [-0.4, -0.2) is 34.4 Å². The summed E-state index contributed by atoms with van der Waals surface area (Å²) in [6.45, 7) is 1.98. The largest absolute Gasteiger partial charge is 0.462 e. The Balaban J connectivity index is 1.45. The van der Waals surface area contributed by atoms with Crippen LogP contribution in [0.5, 0.6) is 0 Å². The molecule has 0 spiro atoms. The van der Waals surface area contributed by atoms with Crippen molar-refractivity contribution in [3.05, 3.63) is 108 Å². The fourth-order valence-corrected chi connectivity index (χ4v) is 4.03. The third-order valence-corrected chi connectivity index (χ3v) is 5.78. The molecule has 4 rings (SSSR count). The van der Waals surface area contributed by atoms with Gasteiger partial charge in [0.2, 0.25) is 11.8 Å². The number of thioether (sulfide) groups is 1. The predicted octanol–water partition coefficient (Wildman–Crippen LogP) is 5.16. The van der Waals surface area contributed by atoms with Crippen LogP contribution >= 0.6 is 11.8 Å². The van der Waals surface area contributed by atoms with E-state index in [1.165, 1.54) is 0 Å². The van der Waals surface area contributed by atoms with Crippen molar-refractivity contribution in [2.24, 2.45) is 0 Å². The summed E-state index contributed by atoms with van der Waals surface area (Å²) in [5.41, 5.74) is 2.76. The third-order valence-electron chi connectivity index (χ3n) is 4.96. The summed E-state index contributed by atoms with van der Waals surface area (Å²) in [6.07, 6.45) is 0. The van der Waals surface area contributed by atoms with E-state index in [1.54, 1.807) is 31.2 Å². The standard InChI is InChI=1S/C26H23N3O4S/c1-2-32-25(31)20-15-9-10-16-21(20)27-22(30)17-34-26-29-28-24(33-26)23(18-11-5-3-6-12-18)19-13-7-4-8-14-19/h3-16,23H,2,17H2,1H3,(H,27,30). The minimum absolute atomic E-state index is 0.0418. The van der Waals surface area contributed by atoms with Crippen molar-refractivity contribution in [1.29, 1.82) is 0 Å². The summed E-state index contributed by atoms with van der Waals surface area (Å²) in [5, 5.41) is 11.4. The van der Waals surface area contributed by atoms with E-state index in [2.05, 4.69) is 15.5 Å². The van der Waals surface area contributed by atoms with Gasteiger partial charge in [-0.3, -0.25) is 4.79 Å². The summed E-state index contributed by atoms with van der Waals surface area (Å²) in [4.78, 5) is 24.6. The van der Waals surface area contributed by atoms with Crippen LogP contribution in [0.15, 0.2) is 94.6 Å². The number of para-hydroxylation sites is 1. The van der Waals surface area contributed by atoms with Gasteiger partial charge in [0.05, 0.1) is 29.5 Å². The molecule has 0 atom stereocenters. The molecule has 3 aromatic carbocycles. The molecule has 1 N–H and O–H groups in total. The number of anilines is 1. The van der Waals surface area contributed by atoms with Gasteiger partial charge >= 0.3 is 5.97 Å². The zero-order valence-corrected chi connectivity index (χ0v) is 19.3. The van der Waals surface area contributed by atoms with Gasteiger partial charge < -0.3 is 14.5 Å². The molecule has 7 nitrogen and oxygen atoms in total. The second kappa shape index (κ2) is 11.3. The number of esters is 1. The molecule has 0 radical (unpaired) electrons. The molecular weight excluding hydrogens is 450 g/mol. The Hall–Kier alpha value is -3.91. The van der Waals surface area contributed by atoms with Crippen LogP contribution in [0.1, 0.15) is 40.2 Å². The molecule has 0 bridgehead atoms. The Morgan fingerprint density at radius 2 is 1.53 bits per heavy atom. The predicted molar refractivity (Wildman–Crippen MR) is 130 cm³/mol. The lowest BCUT2D eigenvalue weighted by atomic mass is 9.91. The first-order chi connectivity index (χ1) is 16.7. The van der Waals surface area contributed by atoms with Gasteiger partial charge in [-0.25, -0.2) is 4.79 Å². The maximum absolute atomic E-state index is 12.5. The molecule has 0 aliphatic rings. The Kier molecular flexibility index (Phi) is 7.72. The number of rotatable bonds is 9. The molecule has 0 fully saturated rings. The van der Waals surface area contributed by atoms with Crippen molar-refractivity contribution in [2.75, 3.05) is 17.7 Å². The number of benzene rings is 3. The molecule has 1 amide bonds. The quantitative estimate of drug-likeness (QED) is 0.265. The van der Waals surface area contributed by atoms with Crippen LogP contribution in [0, 0.1) is 0 Å². The molecule has 8 heteroatoms. The molecule has 0 saturated carbocycles. The van der Waals surface area contributed by atoms with E-state index < -0.39 is 5.97 Å². The minimum Gasteiger partial charge on any atom is -0.462 e. The van der Waals surface area contributed by atoms with Crippen LogP contribution < -0.4 is 5.32 Å². The molecule has 1 heterocycles. The Labute approximate surface area is 201 Å². The summed E-state index contributed by atoms with van der Waals surface area (Å²) >= 11 is 1.13. The van der Waals surface area contributed by atoms with Gasteiger partial charge in [-0.15, -0.1) is 10.2 Å². The summed E-state index contributed by atoms with van der Waals surface area (Å²) in [7, 11) is 0. The topological polar surface area (TPSA) is 94.3 Å². The number of amides is 1. The van der Waals surface area contributed by atoms with E-state index in [1.807, 2.05) is 60.7 Å². The SMILES string of the molecule is CCOC(=O)c1ccccc1NC(=O)CSc1nnc(C(c2ccccc2)c2ccccc2)o1. The zero-order valence-electron chi connectivity index (χ0n) is 18.5. The maximum Gasteiger partial charge on any atom is 0.340 e. The highest BCUT2D eigenvalue weighted by Crippen LogP contribution is 2.32. The lowest BCUT2D eigenvalue weighted by molar-refractivity contribution is -0.113. The van der Waals surface area contributed by atoms with Crippen LogP contribution in [0.3, 0.4) is 0 Å². The third kappa shape index (κ3) is 5.71. The first kappa shape index (κ1) is 23.3. The number of ether oxygens (including phenoxy) is 1. The number of hydrogen-bond acceptors (Lipinski definition) is 7. The van der Waals surface area contributed by atoms with Crippen molar-refractivity contribution in [3.8, 4) is 0 Å². The van der Waals surface area contributed by atoms with Crippen molar-refractivity contribution in [1.82, 2.24) is 10.2 Å². The lowest BCUT2D eigenvalue weighted by Crippen LogP contribution is -2.17. The van der Waals surface area contributed by atoms with Crippen LogP contribution in [-0.2, 0) is 9.53 Å². The second-order valence-corrected chi connectivity index (χ2v) is 8.19. The highest BCUT2D eigenvalue weighted by molar-refractivity contribution is 7.99. The molecule has 172 valence electrons. The molecule has 4 aromatic rings. The van der Waals surface area contributed by atoms with Crippen LogP contribution in [0.25, 0.3) is 0 Å². The van der Waals surface area contributed by atoms with Gasteiger partial charge in [0, 0.05) is 0 Å². The number of carbonyl (C=O) groups is 2. The Bertz CT molecular complexity index is 1210. The van der Waals surface area contributed by atoms with Gasteiger partial charge in [-0.2, -0.15) is 0 Å². The maximum atomic E-state index is 12.5. The first-order valence-corrected chi connectivity index (χ1v) is 11.8. The monoisotopic (exact) mass is 473 g/mol. The van der Waals surface area contributed by atoms with Crippen molar-refractivity contribution in [3.63, 3.8) is 0 Å². The summed E-state index contributed by atoms with van der Waals surface area (Å²) in [5.74, 6) is -0.507. The van der Waals surface area contributed by atoms with Gasteiger partial charge in [-0.1, -0.05) is 84.6 Å². The second-order valence-electron chi connectivity index (χ2n) is 7.26. The van der Waals surface area contributed by atoms with Gasteiger partial charge in [0.1, 0.15) is 0 Å². The highest BCUT2D eigenvalue weighted by Gasteiger charge is 2.23. The van der Waals surface area contributed by atoms with E-state index in [4.69, 9.17) is 9.15 Å². The average molecular weight is 474 g/mol. The van der Waals surface area contributed by atoms with Gasteiger partial charge in [0.15, 0.2) is 0 Å². The van der Waals surface area contributed by atoms with E-state index in [0.29, 0.717) is 22.4 Å². The van der Waals surface area contributed by atoms with Crippen LogP contribution in [0.2, 0.25) is 0 Å². The molecule has 0 unspecified atom stereocenters. The molecule has 0 aliphatic carbocycles. The Morgan fingerprint density at radius 3 is 2.18 bits per heavy atom. The molecule has 0 aliphatic heterocycles. The summed E-state index contributed by atoms with van der Waals surface area (Å²) < 4.78 is 11.0. The molecule has 1 aromatic heterocycles. The zero-order chi connectivity index (χ0) is 23.8. The molecular formula is C26H23N3O4S. The summed E-state index contributed by atoms with van der Waals surface area (Å²) in [6, 6.07) is 26.6. The van der Waals surface area contributed by atoms with Crippen molar-refractivity contribution < 1.29 is 18.7 Å². The molecule has 0 saturated heterocycles. The van der Waals surface area contributed by atoms with E-state index >= 15 is 0 Å². The van der Waals surface area contributed by atoms with Gasteiger partial charge in [-0.05, 0) is 30.2 Å². The molecule has 34 heavy (non-hydrogen) atoms. The number of nitrogens with zero attached hydrogens (tertiary/aromatic N) is 2. The Morgan fingerprint density at radius 1 is 0.912 bits per heavy atom. The lowest BCUT2D eigenvalue weighted by Gasteiger charge is -2.13. The number of hydrogen-bond donors (Lipinski definition) is 1. The van der Waals surface area contributed by atoms with E-state index in [-0.39, 0.29) is 24.2 Å². The highest BCUT2D eigenvalue weighted by atomic mass is 32.2. The minimum atomic E-state index is -0.486. The van der Waals surface area contributed by atoms with Crippen molar-refractivity contribution in [2.45, 2.75) is 18.1 Å². The van der Waals surface area contributed by atoms with Crippen molar-refractivity contribution >= 4 is 29.3 Å².